The molecule has 1 saturated carbocycles. The smallest absolute Gasteiger partial charge is 0.248 e. The molecule has 0 unspecified atom stereocenters. The predicted molar refractivity (Wildman–Crippen MR) is 121 cm³/mol. The van der Waals surface area contributed by atoms with Crippen LogP contribution in [0.25, 0.3) is 0 Å². The highest BCUT2D eigenvalue weighted by molar-refractivity contribution is 6.15. The fraction of sp³-hybridized carbons (Fsp3) is 0.696. The Morgan fingerprint density at radius 2 is 1.84 bits per heavy atom. The van der Waals surface area contributed by atoms with Crippen LogP contribution in [-0.2, 0) is 4.79 Å². The Labute approximate surface area is 185 Å². The lowest BCUT2D eigenvalue weighted by atomic mass is 9.97. The zero-order chi connectivity index (χ0) is 22.0. The summed E-state index contributed by atoms with van der Waals surface area (Å²) < 4.78 is 0. The second-order valence-electron chi connectivity index (χ2n) is 9.50. The van der Waals surface area contributed by atoms with Crippen LogP contribution in [-0.4, -0.2) is 77.8 Å². The highest BCUT2D eigenvalue weighted by atomic mass is 16.2. The molecule has 0 atom stereocenters. The lowest BCUT2D eigenvalue weighted by molar-refractivity contribution is -0.124. The highest BCUT2D eigenvalue weighted by Crippen LogP contribution is 2.48. The number of nitrogens with two attached hydrogens (primary N) is 1. The van der Waals surface area contributed by atoms with Crippen LogP contribution >= 0.6 is 0 Å². The van der Waals surface area contributed by atoms with Gasteiger partial charge in [-0.1, -0.05) is 6.07 Å². The number of piperidine rings is 1. The summed E-state index contributed by atoms with van der Waals surface area (Å²) in [6, 6.07) is 6.85. The molecule has 2 saturated heterocycles. The number of carbonyl (C=O) groups excluding carboxylic acids is 2. The van der Waals surface area contributed by atoms with Crippen LogP contribution in [0.2, 0.25) is 0 Å². The Hall–Kier alpha value is -2.03. The van der Waals surface area contributed by atoms with Crippen molar-refractivity contribution in [3.05, 3.63) is 23.9 Å². The molecule has 0 spiro atoms. The standard InChI is InChI=1S/C23H36N6O2/c1-17(2)27-13-7-18(8-14-27)28-11-4-12-29(16-15-28)20-6-3-5-19(25-20)21(30)23(9-10-23)22(31)26-24/h3,5-6,17-18H,4,7-16,24H2,1-2H3,(H,26,31). The molecule has 4 rings (SSSR count). The van der Waals surface area contributed by atoms with Crippen LogP contribution in [0.4, 0.5) is 5.82 Å². The average Bonchev–Trinajstić information content (AvgIpc) is 3.63. The molecule has 0 aromatic carbocycles. The minimum atomic E-state index is -1.01. The number of likely N-dealkylation sites (tertiary alicyclic amines) is 1. The number of carbonyl (C=O) groups is 2. The third-order valence-electron chi connectivity index (χ3n) is 7.32. The summed E-state index contributed by atoms with van der Waals surface area (Å²) in [4.78, 5) is 37.2. The van der Waals surface area contributed by atoms with Gasteiger partial charge in [-0.05, 0) is 71.2 Å². The lowest BCUT2D eigenvalue weighted by Gasteiger charge is -2.39. The number of amides is 1. The summed E-state index contributed by atoms with van der Waals surface area (Å²) in [5.41, 5.74) is 1.49. The number of hydrogen-bond donors (Lipinski definition) is 2. The Morgan fingerprint density at radius 1 is 1.10 bits per heavy atom. The van der Waals surface area contributed by atoms with Gasteiger partial charge in [0.1, 0.15) is 16.9 Å². The Bertz CT molecular complexity index is 801. The predicted octanol–water partition coefficient (Wildman–Crippen LogP) is 1.42. The first-order valence-electron chi connectivity index (χ1n) is 11.7. The maximum absolute atomic E-state index is 13.0. The Balaban J connectivity index is 1.38. The molecular formula is C23H36N6O2. The molecule has 1 amide bonds. The molecule has 1 aromatic rings. The van der Waals surface area contributed by atoms with E-state index in [-0.39, 0.29) is 5.78 Å². The Kier molecular flexibility index (Phi) is 6.60. The zero-order valence-electron chi connectivity index (χ0n) is 18.8. The maximum atomic E-state index is 13.0. The normalized spacial score (nSPS) is 22.9. The number of aromatic nitrogens is 1. The summed E-state index contributed by atoms with van der Waals surface area (Å²) >= 11 is 0. The third kappa shape index (κ3) is 4.61. The lowest BCUT2D eigenvalue weighted by Crippen LogP contribution is -2.47. The van der Waals surface area contributed by atoms with Crippen LogP contribution in [0.1, 0.15) is 56.4 Å². The molecule has 170 valence electrons. The molecule has 3 fully saturated rings. The molecular weight excluding hydrogens is 392 g/mol. The molecule has 3 heterocycles. The number of ketones is 1. The zero-order valence-corrected chi connectivity index (χ0v) is 18.8. The minimum absolute atomic E-state index is 0.217. The monoisotopic (exact) mass is 428 g/mol. The molecule has 31 heavy (non-hydrogen) atoms. The number of nitrogens with zero attached hydrogens (tertiary/aromatic N) is 4. The van der Waals surface area contributed by atoms with Gasteiger partial charge < -0.3 is 9.80 Å². The van der Waals surface area contributed by atoms with Gasteiger partial charge in [-0.3, -0.25) is 19.9 Å². The van der Waals surface area contributed by atoms with Crippen LogP contribution in [0, 0.1) is 5.41 Å². The van der Waals surface area contributed by atoms with Gasteiger partial charge in [-0.25, -0.2) is 10.8 Å². The van der Waals surface area contributed by atoms with E-state index in [1.54, 1.807) is 6.07 Å². The van der Waals surface area contributed by atoms with E-state index in [9.17, 15) is 9.59 Å². The number of hydrazine groups is 1. The number of nitrogens with one attached hydrogen (secondary N) is 1. The fourth-order valence-corrected chi connectivity index (χ4v) is 5.09. The van der Waals surface area contributed by atoms with Crippen LogP contribution in [0.15, 0.2) is 18.2 Å². The third-order valence-corrected chi connectivity index (χ3v) is 7.32. The number of hydrogen-bond acceptors (Lipinski definition) is 7. The van der Waals surface area contributed by atoms with Gasteiger partial charge in [0.05, 0.1) is 0 Å². The topological polar surface area (TPSA) is 94.8 Å². The number of anilines is 1. The summed E-state index contributed by atoms with van der Waals surface area (Å²) in [5.74, 6) is 5.49. The molecule has 1 aliphatic carbocycles. The summed E-state index contributed by atoms with van der Waals surface area (Å²) in [6.45, 7) is 10.9. The second kappa shape index (κ2) is 9.22. The van der Waals surface area contributed by atoms with E-state index < -0.39 is 11.3 Å². The van der Waals surface area contributed by atoms with Crippen molar-refractivity contribution in [3.63, 3.8) is 0 Å². The van der Waals surface area contributed by atoms with Gasteiger partial charge in [-0.2, -0.15) is 0 Å². The SMILES string of the molecule is CC(C)N1CCC(N2CCCN(c3cccc(C(=O)C4(C(=O)NN)CC4)n3)CC2)CC1. The average molecular weight is 429 g/mol. The van der Waals surface area contributed by atoms with Gasteiger partial charge in [-0.15, -0.1) is 0 Å². The molecule has 3 N–H and O–H groups in total. The van der Waals surface area contributed by atoms with Gasteiger partial charge >= 0.3 is 0 Å². The van der Waals surface area contributed by atoms with Crippen molar-refractivity contribution in [2.45, 2.75) is 58.0 Å². The van der Waals surface area contributed by atoms with E-state index in [4.69, 9.17) is 5.84 Å². The van der Waals surface area contributed by atoms with Gasteiger partial charge in [0, 0.05) is 38.3 Å². The maximum Gasteiger partial charge on any atom is 0.248 e. The van der Waals surface area contributed by atoms with Crippen LogP contribution in [0.5, 0.6) is 0 Å². The second-order valence-corrected chi connectivity index (χ2v) is 9.50. The largest absolute Gasteiger partial charge is 0.355 e. The van der Waals surface area contributed by atoms with E-state index in [2.05, 4.69) is 39.0 Å². The molecule has 8 nitrogen and oxygen atoms in total. The van der Waals surface area contributed by atoms with Crippen molar-refractivity contribution in [1.82, 2.24) is 20.2 Å². The van der Waals surface area contributed by atoms with Crippen molar-refractivity contribution in [3.8, 4) is 0 Å². The van der Waals surface area contributed by atoms with Gasteiger partial charge in [0.15, 0.2) is 5.78 Å². The fourth-order valence-electron chi connectivity index (χ4n) is 5.09. The Morgan fingerprint density at radius 3 is 2.48 bits per heavy atom. The quantitative estimate of drug-likeness (QED) is 0.233. The molecule has 2 aliphatic heterocycles. The van der Waals surface area contributed by atoms with Crippen molar-refractivity contribution in [1.29, 1.82) is 0 Å². The van der Waals surface area contributed by atoms with Crippen molar-refractivity contribution < 1.29 is 9.59 Å². The van der Waals surface area contributed by atoms with E-state index in [0.29, 0.717) is 30.6 Å². The molecule has 0 radical (unpaired) electrons. The van der Waals surface area contributed by atoms with Crippen LogP contribution < -0.4 is 16.2 Å². The first-order chi connectivity index (χ1) is 14.9. The van der Waals surface area contributed by atoms with E-state index in [1.807, 2.05) is 12.1 Å². The summed E-state index contributed by atoms with van der Waals surface area (Å²) in [7, 11) is 0. The molecule has 3 aliphatic rings. The summed E-state index contributed by atoms with van der Waals surface area (Å²) in [6.07, 6.45) is 4.64. The van der Waals surface area contributed by atoms with E-state index in [1.165, 1.54) is 25.9 Å². The minimum Gasteiger partial charge on any atom is -0.355 e. The number of rotatable bonds is 6. The van der Waals surface area contributed by atoms with Gasteiger partial charge in [0.25, 0.3) is 0 Å². The first kappa shape index (κ1) is 22.2. The molecule has 8 heteroatoms. The van der Waals surface area contributed by atoms with Crippen molar-refractivity contribution in [2.24, 2.45) is 11.3 Å². The van der Waals surface area contributed by atoms with Crippen molar-refractivity contribution >= 4 is 17.5 Å². The summed E-state index contributed by atoms with van der Waals surface area (Å²) in [5, 5.41) is 0. The van der Waals surface area contributed by atoms with Crippen LogP contribution in [0.3, 0.4) is 0 Å². The highest BCUT2D eigenvalue weighted by Gasteiger charge is 2.56. The molecule has 1 aromatic heterocycles. The number of pyridine rings is 1. The molecule has 0 bridgehead atoms. The van der Waals surface area contributed by atoms with Crippen molar-refractivity contribution in [2.75, 3.05) is 44.2 Å². The van der Waals surface area contributed by atoms with E-state index >= 15 is 0 Å². The number of Topliss-reactive ketones (excluding diaryl/α,β-unsaturated/α-hetero) is 1. The first-order valence-corrected chi connectivity index (χ1v) is 11.7. The van der Waals surface area contributed by atoms with Gasteiger partial charge in [0.2, 0.25) is 5.91 Å². The van der Waals surface area contributed by atoms with E-state index in [0.717, 1.165) is 38.4 Å².